The zero-order chi connectivity index (χ0) is 16.3. The summed E-state index contributed by atoms with van der Waals surface area (Å²) in [6, 6.07) is 6.20. The lowest BCUT2D eigenvalue weighted by Crippen LogP contribution is -2.48. The SMILES string of the molecule is CN(C[C@@H](O)C(F)(F)F)C1CCN(c2ccc(F)cc2)CC1. The first-order valence-corrected chi connectivity index (χ1v) is 7.23. The molecular formula is C15H20F4N2O. The van der Waals surface area contributed by atoms with Crippen LogP contribution in [0.3, 0.4) is 0 Å². The summed E-state index contributed by atoms with van der Waals surface area (Å²) < 4.78 is 50.0. The zero-order valence-corrected chi connectivity index (χ0v) is 12.4. The molecule has 1 aliphatic heterocycles. The third-order valence-electron chi connectivity index (χ3n) is 4.12. The van der Waals surface area contributed by atoms with Crippen LogP contribution in [0.15, 0.2) is 24.3 Å². The van der Waals surface area contributed by atoms with Crippen molar-refractivity contribution < 1.29 is 22.7 Å². The summed E-state index contributed by atoms with van der Waals surface area (Å²) in [5.41, 5.74) is 0.915. The molecule has 1 fully saturated rings. The average molecular weight is 320 g/mol. The monoisotopic (exact) mass is 320 g/mol. The van der Waals surface area contributed by atoms with Crippen molar-refractivity contribution in [1.29, 1.82) is 0 Å². The van der Waals surface area contributed by atoms with Crippen molar-refractivity contribution in [2.75, 3.05) is 31.6 Å². The fourth-order valence-corrected chi connectivity index (χ4v) is 2.74. The normalized spacial score (nSPS) is 18.8. The van der Waals surface area contributed by atoms with Crippen LogP contribution in [0.2, 0.25) is 0 Å². The zero-order valence-electron chi connectivity index (χ0n) is 12.4. The Morgan fingerprint density at radius 3 is 2.27 bits per heavy atom. The van der Waals surface area contributed by atoms with Gasteiger partial charge in [0.2, 0.25) is 0 Å². The molecule has 1 saturated heterocycles. The van der Waals surface area contributed by atoms with Gasteiger partial charge in [0.15, 0.2) is 6.10 Å². The summed E-state index contributed by atoms with van der Waals surface area (Å²) in [5, 5.41) is 9.13. The van der Waals surface area contributed by atoms with Gasteiger partial charge in [0.1, 0.15) is 5.82 Å². The number of likely N-dealkylation sites (N-methyl/N-ethyl adjacent to an activating group) is 1. The van der Waals surface area contributed by atoms with Gasteiger partial charge in [0, 0.05) is 31.4 Å². The molecule has 0 aromatic heterocycles. The second-order valence-electron chi connectivity index (χ2n) is 5.69. The van der Waals surface area contributed by atoms with Crippen molar-refractivity contribution in [3.63, 3.8) is 0 Å². The van der Waals surface area contributed by atoms with Crippen molar-refractivity contribution in [3.8, 4) is 0 Å². The Labute approximate surface area is 127 Å². The second kappa shape index (κ2) is 6.83. The van der Waals surface area contributed by atoms with Crippen molar-refractivity contribution in [2.24, 2.45) is 0 Å². The predicted molar refractivity (Wildman–Crippen MR) is 76.3 cm³/mol. The molecule has 7 heteroatoms. The number of alkyl halides is 3. The molecule has 22 heavy (non-hydrogen) atoms. The van der Waals surface area contributed by atoms with E-state index in [1.165, 1.54) is 12.1 Å². The van der Waals surface area contributed by atoms with E-state index in [1.54, 1.807) is 24.1 Å². The number of aliphatic hydroxyl groups excluding tert-OH is 1. The van der Waals surface area contributed by atoms with E-state index >= 15 is 0 Å². The van der Waals surface area contributed by atoms with Crippen molar-refractivity contribution in [3.05, 3.63) is 30.1 Å². The van der Waals surface area contributed by atoms with Crippen LogP contribution in [0, 0.1) is 5.82 Å². The van der Waals surface area contributed by atoms with Crippen LogP contribution in [0.5, 0.6) is 0 Å². The molecule has 124 valence electrons. The summed E-state index contributed by atoms with van der Waals surface area (Å²) in [6.07, 6.45) is -5.48. The highest BCUT2D eigenvalue weighted by Crippen LogP contribution is 2.25. The van der Waals surface area contributed by atoms with Crippen LogP contribution in [0.1, 0.15) is 12.8 Å². The molecule has 0 saturated carbocycles. The van der Waals surface area contributed by atoms with E-state index < -0.39 is 18.8 Å². The predicted octanol–water partition coefficient (Wildman–Crippen LogP) is 2.65. The Morgan fingerprint density at radius 1 is 1.23 bits per heavy atom. The van der Waals surface area contributed by atoms with Crippen LogP contribution in [0.4, 0.5) is 23.2 Å². The smallest absolute Gasteiger partial charge is 0.382 e. The van der Waals surface area contributed by atoms with E-state index in [2.05, 4.69) is 4.90 Å². The molecule has 0 amide bonds. The van der Waals surface area contributed by atoms with Crippen LogP contribution in [-0.2, 0) is 0 Å². The third kappa shape index (κ3) is 4.33. The van der Waals surface area contributed by atoms with E-state index in [4.69, 9.17) is 5.11 Å². The molecule has 0 unspecified atom stereocenters. The minimum Gasteiger partial charge on any atom is -0.382 e. The summed E-state index contributed by atoms with van der Waals surface area (Å²) >= 11 is 0. The summed E-state index contributed by atoms with van der Waals surface area (Å²) in [7, 11) is 1.60. The first-order valence-electron chi connectivity index (χ1n) is 7.23. The first kappa shape index (κ1) is 17.0. The minimum atomic E-state index is -4.58. The maximum atomic E-state index is 12.9. The highest BCUT2D eigenvalue weighted by atomic mass is 19.4. The Kier molecular flexibility index (Phi) is 5.28. The molecule has 1 aromatic rings. The lowest BCUT2D eigenvalue weighted by molar-refractivity contribution is -0.208. The van der Waals surface area contributed by atoms with Gasteiger partial charge in [-0.05, 0) is 44.2 Å². The van der Waals surface area contributed by atoms with E-state index in [0.717, 1.165) is 5.69 Å². The quantitative estimate of drug-likeness (QED) is 0.864. The summed E-state index contributed by atoms with van der Waals surface area (Å²) in [6.45, 7) is 0.982. The third-order valence-corrected chi connectivity index (χ3v) is 4.12. The van der Waals surface area contributed by atoms with Gasteiger partial charge in [-0.15, -0.1) is 0 Å². The van der Waals surface area contributed by atoms with E-state index in [1.807, 2.05) is 0 Å². The van der Waals surface area contributed by atoms with Crippen LogP contribution < -0.4 is 4.90 Å². The molecule has 1 aliphatic rings. The van der Waals surface area contributed by atoms with Crippen LogP contribution in [-0.4, -0.2) is 55.0 Å². The molecule has 1 heterocycles. The van der Waals surface area contributed by atoms with E-state index in [-0.39, 0.29) is 11.9 Å². The molecule has 0 radical (unpaired) electrons. The fraction of sp³-hybridized carbons (Fsp3) is 0.600. The molecule has 1 aromatic carbocycles. The topological polar surface area (TPSA) is 26.7 Å². The minimum absolute atomic E-state index is 0.00805. The standard InChI is InChI=1S/C15H20F4N2O/c1-20(10-14(22)15(17,18)19)12-6-8-21(9-7-12)13-4-2-11(16)3-5-13/h2-5,12,14,22H,6-10H2,1H3/t14-/m1/s1. The summed E-state index contributed by atoms with van der Waals surface area (Å²) in [5.74, 6) is -0.292. The number of hydrogen-bond donors (Lipinski definition) is 1. The molecular weight excluding hydrogens is 300 g/mol. The Morgan fingerprint density at radius 2 is 1.77 bits per heavy atom. The van der Waals surface area contributed by atoms with Crippen LogP contribution in [0.25, 0.3) is 0 Å². The maximum absolute atomic E-state index is 12.9. The Hall–Kier alpha value is -1.34. The number of nitrogens with zero attached hydrogens (tertiary/aromatic N) is 2. The molecule has 0 aliphatic carbocycles. The lowest BCUT2D eigenvalue weighted by atomic mass is 10.0. The van der Waals surface area contributed by atoms with Crippen LogP contribution >= 0.6 is 0 Å². The number of halogens is 4. The number of anilines is 1. The molecule has 0 spiro atoms. The van der Waals surface area contributed by atoms with Crippen molar-refractivity contribution >= 4 is 5.69 Å². The number of benzene rings is 1. The number of aliphatic hydroxyl groups is 1. The average Bonchev–Trinajstić information content (AvgIpc) is 2.47. The van der Waals surface area contributed by atoms with Gasteiger partial charge < -0.3 is 14.9 Å². The first-order chi connectivity index (χ1) is 10.3. The highest BCUT2D eigenvalue weighted by Gasteiger charge is 2.39. The molecule has 0 bridgehead atoms. The summed E-state index contributed by atoms with van der Waals surface area (Å²) in [4.78, 5) is 3.66. The largest absolute Gasteiger partial charge is 0.415 e. The Bertz CT molecular complexity index is 469. The highest BCUT2D eigenvalue weighted by molar-refractivity contribution is 5.46. The van der Waals surface area contributed by atoms with Gasteiger partial charge in [-0.2, -0.15) is 13.2 Å². The van der Waals surface area contributed by atoms with Gasteiger partial charge in [-0.3, -0.25) is 0 Å². The number of hydrogen-bond acceptors (Lipinski definition) is 3. The van der Waals surface area contributed by atoms with Gasteiger partial charge in [0.25, 0.3) is 0 Å². The van der Waals surface area contributed by atoms with Gasteiger partial charge in [-0.25, -0.2) is 4.39 Å². The lowest BCUT2D eigenvalue weighted by Gasteiger charge is -2.38. The Balaban J connectivity index is 1.85. The fourth-order valence-electron chi connectivity index (χ4n) is 2.74. The molecule has 2 rings (SSSR count). The van der Waals surface area contributed by atoms with Crippen molar-refractivity contribution in [1.82, 2.24) is 4.90 Å². The van der Waals surface area contributed by atoms with Gasteiger partial charge in [0.05, 0.1) is 0 Å². The molecule has 1 atom stereocenters. The molecule has 1 N–H and O–H groups in total. The number of piperidine rings is 1. The van der Waals surface area contributed by atoms with Gasteiger partial charge in [-0.1, -0.05) is 0 Å². The maximum Gasteiger partial charge on any atom is 0.415 e. The van der Waals surface area contributed by atoms with Crippen molar-refractivity contribution in [2.45, 2.75) is 31.2 Å². The van der Waals surface area contributed by atoms with Gasteiger partial charge >= 0.3 is 6.18 Å². The number of rotatable bonds is 4. The second-order valence-corrected chi connectivity index (χ2v) is 5.69. The molecule has 3 nitrogen and oxygen atoms in total. The van der Waals surface area contributed by atoms with E-state index in [0.29, 0.717) is 25.9 Å². The van der Waals surface area contributed by atoms with E-state index in [9.17, 15) is 17.6 Å².